The van der Waals surface area contributed by atoms with E-state index < -0.39 is 0 Å². The number of aromatic hydroxyl groups is 1. The zero-order valence-corrected chi connectivity index (χ0v) is 23.2. The summed E-state index contributed by atoms with van der Waals surface area (Å²) >= 11 is 0. The summed E-state index contributed by atoms with van der Waals surface area (Å²) in [5.74, 6) is 0.165. The molecule has 192 valence electrons. The van der Waals surface area contributed by atoms with Gasteiger partial charge in [0.1, 0.15) is 12.1 Å². The van der Waals surface area contributed by atoms with E-state index in [0.717, 1.165) is 44.6 Å². The van der Waals surface area contributed by atoms with E-state index in [-0.39, 0.29) is 26.8 Å². The molecule has 40 heavy (non-hydrogen) atoms. The molecule has 0 fully saturated rings. The molecule has 8 rings (SSSR count). The topological polar surface area (TPSA) is 59.2 Å². The van der Waals surface area contributed by atoms with Gasteiger partial charge >= 0.3 is 21.1 Å². The molecule has 8 aromatic rings. The molecule has 0 atom stereocenters. The zero-order chi connectivity index (χ0) is 25.9. The average Bonchev–Trinajstić information content (AvgIpc) is 3.57. The van der Waals surface area contributed by atoms with Gasteiger partial charge in [-0.3, -0.25) is 8.97 Å². The molecule has 0 amide bonds. The Morgan fingerprint density at radius 3 is 2.42 bits per heavy atom. The SMILES string of the molecule is Oc1cccc2ncn3c4cccc(-c5[c-]c(-[n+]6[c-]n(-c7ccccc7)c7ccccc76)ccc5)c4nc3c12.[Pt+2]. The van der Waals surface area contributed by atoms with Crippen LogP contribution < -0.4 is 4.57 Å². The van der Waals surface area contributed by atoms with Gasteiger partial charge < -0.3 is 9.67 Å². The molecule has 3 heterocycles. The molecule has 0 spiro atoms. The molecule has 0 saturated heterocycles. The van der Waals surface area contributed by atoms with Gasteiger partial charge in [0.15, 0.2) is 5.65 Å². The molecule has 0 aliphatic rings. The molecule has 0 aliphatic carbocycles. The van der Waals surface area contributed by atoms with Crippen molar-refractivity contribution in [2.24, 2.45) is 0 Å². The quantitative estimate of drug-likeness (QED) is 0.176. The number of imidazole rings is 2. The molecule has 0 aliphatic heterocycles. The fraction of sp³-hybridized carbons (Fsp3) is 0. The number of nitrogens with zero attached hydrogens (tertiary/aromatic N) is 5. The number of phenols is 1. The summed E-state index contributed by atoms with van der Waals surface area (Å²) in [4.78, 5) is 9.55. The maximum atomic E-state index is 10.6. The number of hydrogen-bond donors (Lipinski definition) is 1. The smallest absolute Gasteiger partial charge is 0.507 e. The van der Waals surface area contributed by atoms with Crippen LogP contribution in [0, 0.1) is 12.4 Å². The van der Waals surface area contributed by atoms with Crippen molar-refractivity contribution in [3.05, 3.63) is 128 Å². The molecule has 6 nitrogen and oxygen atoms in total. The van der Waals surface area contributed by atoms with Crippen molar-refractivity contribution < 1.29 is 30.7 Å². The normalized spacial score (nSPS) is 11.4. The van der Waals surface area contributed by atoms with Gasteiger partial charge in [-0.05, 0) is 36.0 Å². The average molecular weight is 698 g/mol. The predicted octanol–water partition coefficient (Wildman–Crippen LogP) is 6.23. The Bertz CT molecular complexity index is 2200. The summed E-state index contributed by atoms with van der Waals surface area (Å²) in [5.41, 5.74) is 9.00. The van der Waals surface area contributed by atoms with Gasteiger partial charge in [0.05, 0.1) is 38.7 Å². The Morgan fingerprint density at radius 2 is 1.52 bits per heavy atom. The third-order valence-corrected chi connectivity index (χ3v) is 7.17. The van der Waals surface area contributed by atoms with E-state index >= 15 is 0 Å². The standard InChI is InChI=1S/C33H20N5O.Pt/c39-30-18-8-14-26-31(30)33-35-32-25(13-7-17-29(32)36(33)20-34-26)22-9-6-12-24(19-22)38-21-37(23-10-2-1-3-11-23)27-15-4-5-16-28(27)38;/h1-18,20,39H;/q-1;+2. The van der Waals surface area contributed by atoms with Crippen LogP contribution in [0.15, 0.2) is 116 Å². The van der Waals surface area contributed by atoms with Gasteiger partial charge in [-0.1, -0.05) is 66.2 Å². The zero-order valence-electron chi connectivity index (χ0n) is 21.0. The second-order valence-corrected chi connectivity index (χ2v) is 9.44. The molecule has 0 saturated carbocycles. The van der Waals surface area contributed by atoms with Crippen molar-refractivity contribution >= 4 is 38.6 Å². The largest absolute Gasteiger partial charge is 2.00 e. The Hall–Kier alpha value is -4.80. The van der Waals surface area contributed by atoms with Crippen LogP contribution in [0.5, 0.6) is 5.75 Å². The Kier molecular flexibility index (Phi) is 5.72. The molecule has 7 heteroatoms. The van der Waals surface area contributed by atoms with E-state index in [9.17, 15) is 5.11 Å². The first kappa shape index (κ1) is 24.3. The van der Waals surface area contributed by atoms with Crippen LogP contribution in [0.3, 0.4) is 0 Å². The maximum absolute atomic E-state index is 10.6. The summed E-state index contributed by atoms with van der Waals surface area (Å²) in [6.07, 6.45) is 5.30. The van der Waals surface area contributed by atoms with Crippen molar-refractivity contribution in [1.82, 2.24) is 18.9 Å². The Morgan fingerprint density at radius 1 is 0.750 bits per heavy atom. The van der Waals surface area contributed by atoms with Gasteiger partial charge in [-0.2, -0.15) is 0 Å². The van der Waals surface area contributed by atoms with Crippen molar-refractivity contribution in [1.29, 1.82) is 0 Å². The second-order valence-electron chi connectivity index (χ2n) is 9.44. The molecule has 0 bridgehead atoms. The number of rotatable bonds is 3. The number of hydrogen-bond acceptors (Lipinski definition) is 3. The van der Waals surface area contributed by atoms with E-state index in [0.29, 0.717) is 16.6 Å². The Labute approximate surface area is 243 Å². The fourth-order valence-electron chi connectivity index (χ4n) is 5.36. The van der Waals surface area contributed by atoms with E-state index in [1.807, 2.05) is 75.7 Å². The van der Waals surface area contributed by atoms with E-state index in [1.54, 1.807) is 18.5 Å². The van der Waals surface area contributed by atoms with Crippen molar-refractivity contribution in [3.63, 3.8) is 0 Å². The van der Waals surface area contributed by atoms with Gasteiger partial charge in [-0.25, -0.2) is 9.97 Å². The summed E-state index contributed by atoms with van der Waals surface area (Å²) in [5, 5.41) is 11.2. The van der Waals surface area contributed by atoms with Crippen LogP contribution in [0.1, 0.15) is 0 Å². The fourth-order valence-corrected chi connectivity index (χ4v) is 5.36. The van der Waals surface area contributed by atoms with Gasteiger partial charge in [0.2, 0.25) is 0 Å². The number of phenolic OH excluding ortho intramolecular Hbond substituents is 1. The van der Waals surface area contributed by atoms with E-state index in [4.69, 9.17) is 4.98 Å². The third-order valence-electron chi connectivity index (χ3n) is 7.17. The van der Waals surface area contributed by atoms with Crippen LogP contribution in [0.25, 0.3) is 61.1 Å². The molecule has 0 unspecified atom stereocenters. The van der Waals surface area contributed by atoms with E-state index in [2.05, 4.69) is 52.3 Å². The van der Waals surface area contributed by atoms with Crippen LogP contribution in [-0.4, -0.2) is 24.0 Å². The first-order valence-electron chi connectivity index (χ1n) is 12.7. The van der Waals surface area contributed by atoms with Crippen LogP contribution in [0.4, 0.5) is 0 Å². The molecular formula is C33H20N5OPt+. The predicted molar refractivity (Wildman–Crippen MR) is 151 cm³/mol. The van der Waals surface area contributed by atoms with Crippen molar-refractivity contribution in [2.45, 2.75) is 0 Å². The minimum Gasteiger partial charge on any atom is -0.507 e. The second kappa shape index (κ2) is 9.44. The molecule has 1 N–H and O–H groups in total. The van der Waals surface area contributed by atoms with Gasteiger partial charge in [-0.15, -0.1) is 29.8 Å². The van der Waals surface area contributed by atoms with Gasteiger partial charge in [0.25, 0.3) is 6.33 Å². The van der Waals surface area contributed by atoms with Gasteiger partial charge in [0, 0.05) is 0 Å². The molecule has 0 radical (unpaired) electrons. The number of benzene rings is 5. The third kappa shape index (κ3) is 3.64. The van der Waals surface area contributed by atoms with Crippen LogP contribution in [-0.2, 0) is 21.1 Å². The molecular weight excluding hydrogens is 677 g/mol. The minimum atomic E-state index is 0. The summed E-state index contributed by atoms with van der Waals surface area (Å²) in [7, 11) is 0. The summed E-state index contributed by atoms with van der Waals surface area (Å²) in [6.45, 7) is 0. The monoisotopic (exact) mass is 697 g/mol. The minimum absolute atomic E-state index is 0. The summed E-state index contributed by atoms with van der Waals surface area (Å²) < 4.78 is 6.05. The first-order valence-corrected chi connectivity index (χ1v) is 12.7. The van der Waals surface area contributed by atoms with Crippen molar-refractivity contribution in [2.75, 3.05) is 0 Å². The van der Waals surface area contributed by atoms with E-state index in [1.165, 1.54) is 0 Å². The Balaban J connectivity index is 0.00000264. The number of fused-ring (bicyclic) bond motifs is 6. The van der Waals surface area contributed by atoms with Crippen LogP contribution in [0.2, 0.25) is 0 Å². The molecule has 5 aromatic carbocycles. The summed E-state index contributed by atoms with van der Waals surface area (Å²) in [6, 6.07) is 39.7. The first-order chi connectivity index (χ1) is 19.3. The maximum Gasteiger partial charge on any atom is 2.00 e. The van der Waals surface area contributed by atoms with Crippen molar-refractivity contribution in [3.8, 4) is 28.3 Å². The van der Waals surface area contributed by atoms with Crippen LogP contribution >= 0.6 is 0 Å². The molecule has 3 aromatic heterocycles. The number of aromatic nitrogens is 5. The number of para-hydroxylation sites is 4.